The molecule has 3 aromatic rings. The summed E-state index contributed by atoms with van der Waals surface area (Å²) < 4.78 is 4.16. The summed E-state index contributed by atoms with van der Waals surface area (Å²) in [5, 5.41) is 5.04. The first kappa shape index (κ1) is 20.9. The van der Waals surface area contributed by atoms with Gasteiger partial charge in [-0.25, -0.2) is 9.13 Å². The lowest BCUT2D eigenvalue weighted by Crippen LogP contribution is -2.28. The number of rotatable bonds is 9. The zero-order valence-electron chi connectivity index (χ0n) is 16.8. The number of aryl methyl sites for hydroxylation is 2. The summed E-state index contributed by atoms with van der Waals surface area (Å²) in [5.74, 6) is 0.477. The minimum absolute atomic E-state index is 0.106. The number of anilines is 1. The number of imidazole rings is 1. The van der Waals surface area contributed by atoms with Gasteiger partial charge < -0.3 is 10.2 Å². The van der Waals surface area contributed by atoms with E-state index >= 15 is 0 Å². The molecule has 6 nitrogen and oxygen atoms in total. The van der Waals surface area contributed by atoms with Crippen molar-refractivity contribution in [2.24, 2.45) is 7.05 Å². The minimum Gasteiger partial charge on any atom is -0.384 e. The fourth-order valence-electron chi connectivity index (χ4n) is 3.44. The molecule has 0 aliphatic rings. The molecule has 0 radical (unpaired) electrons. The smallest absolute Gasteiger partial charge is 0.254 e. The number of aromatic nitrogens is 2. The lowest BCUT2D eigenvalue weighted by Gasteiger charge is -2.19. The van der Waals surface area contributed by atoms with Gasteiger partial charge in [-0.1, -0.05) is 18.2 Å². The molecule has 0 saturated heterocycles. The summed E-state index contributed by atoms with van der Waals surface area (Å²) in [6.07, 6.45) is 7.88. The SMILES string of the molecule is CN(CCS)C(=O)c1ccc(NCCCn2cc[n+](C)c2)c2cccc(C=O)c12. The molecule has 0 fully saturated rings. The Bertz CT molecular complexity index is 1020. The van der Waals surface area contributed by atoms with Crippen LogP contribution in [0.4, 0.5) is 5.69 Å². The number of nitrogens with one attached hydrogen (secondary N) is 1. The van der Waals surface area contributed by atoms with Gasteiger partial charge in [0.25, 0.3) is 5.91 Å². The zero-order chi connectivity index (χ0) is 20.8. The van der Waals surface area contributed by atoms with Gasteiger partial charge in [0, 0.05) is 59.9 Å². The molecule has 152 valence electrons. The molecule has 7 heteroatoms. The first-order valence-corrected chi connectivity index (χ1v) is 10.3. The molecule has 0 saturated carbocycles. The van der Waals surface area contributed by atoms with E-state index in [0.717, 1.165) is 36.9 Å². The molecule has 3 rings (SSSR count). The molecule has 1 amide bonds. The maximum absolute atomic E-state index is 12.9. The van der Waals surface area contributed by atoms with Crippen molar-refractivity contribution in [3.63, 3.8) is 0 Å². The van der Waals surface area contributed by atoms with E-state index in [-0.39, 0.29) is 5.91 Å². The standard InChI is InChI=1S/C22H26N4O2S/c1-24-11-12-26(16-24)10-4-9-23-20-8-7-19(22(28)25(2)13-14-29)21-17(15-27)5-3-6-18(20)21/h3,5-8,11-12,15-16,23H,4,9-10,13-14H2,1-2H3/p+1. The Labute approximate surface area is 176 Å². The monoisotopic (exact) mass is 411 g/mol. The van der Waals surface area contributed by atoms with E-state index in [2.05, 4.69) is 22.5 Å². The molecule has 0 atom stereocenters. The Hall–Kier alpha value is -2.80. The normalized spacial score (nSPS) is 10.9. The predicted octanol–water partition coefficient (Wildman–Crippen LogP) is 2.78. The van der Waals surface area contributed by atoms with Crippen molar-refractivity contribution in [1.29, 1.82) is 0 Å². The highest BCUT2D eigenvalue weighted by Crippen LogP contribution is 2.30. The number of fused-ring (bicyclic) bond motifs is 1. The number of carbonyl (C=O) groups excluding carboxylic acids is 2. The maximum atomic E-state index is 12.9. The maximum Gasteiger partial charge on any atom is 0.254 e. The first-order chi connectivity index (χ1) is 14.0. The van der Waals surface area contributed by atoms with Crippen molar-refractivity contribution >= 4 is 41.3 Å². The predicted molar refractivity (Wildman–Crippen MR) is 119 cm³/mol. The summed E-state index contributed by atoms with van der Waals surface area (Å²) in [6, 6.07) is 9.28. The second-order valence-corrected chi connectivity index (χ2v) is 7.54. The highest BCUT2D eigenvalue weighted by molar-refractivity contribution is 7.80. The van der Waals surface area contributed by atoms with Gasteiger partial charge in [0.1, 0.15) is 12.4 Å². The highest BCUT2D eigenvalue weighted by Gasteiger charge is 2.18. The van der Waals surface area contributed by atoms with Gasteiger partial charge in [0.05, 0.1) is 13.6 Å². The summed E-state index contributed by atoms with van der Waals surface area (Å²) in [6.45, 7) is 2.25. The molecule has 29 heavy (non-hydrogen) atoms. The molecule has 0 spiro atoms. The third-order valence-corrected chi connectivity index (χ3v) is 5.14. The van der Waals surface area contributed by atoms with Crippen molar-refractivity contribution in [2.75, 3.05) is 31.2 Å². The van der Waals surface area contributed by atoms with E-state index in [9.17, 15) is 9.59 Å². The number of amides is 1. The quantitative estimate of drug-likeness (QED) is 0.246. The number of thiol groups is 1. The van der Waals surface area contributed by atoms with Crippen molar-refractivity contribution in [2.45, 2.75) is 13.0 Å². The van der Waals surface area contributed by atoms with Gasteiger partial charge in [-0.15, -0.1) is 0 Å². The Balaban J connectivity index is 1.84. The van der Waals surface area contributed by atoms with Gasteiger partial charge in [-0.3, -0.25) is 9.59 Å². The van der Waals surface area contributed by atoms with E-state index in [1.807, 2.05) is 48.5 Å². The van der Waals surface area contributed by atoms with Crippen molar-refractivity contribution in [1.82, 2.24) is 9.47 Å². The fourth-order valence-corrected chi connectivity index (χ4v) is 3.74. The Morgan fingerprint density at radius 3 is 2.83 bits per heavy atom. The second-order valence-electron chi connectivity index (χ2n) is 7.10. The van der Waals surface area contributed by atoms with Crippen LogP contribution in [0.15, 0.2) is 49.1 Å². The van der Waals surface area contributed by atoms with Crippen LogP contribution in [0.25, 0.3) is 10.8 Å². The minimum atomic E-state index is -0.106. The Kier molecular flexibility index (Phi) is 6.93. The number of nitrogens with zero attached hydrogens (tertiary/aromatic N) is 3. The summed E-state index contributed by atoms with van der Waals surface area (Å²) in [5.41, 5.74) is 1.99. The molecule has 0 aliphatic heterocycles. The Morgan fingerprint density at radius 1 is 1.31 bits per heavy atom. The molecule has 1 aromatic heterocycles. The van der Waals surface area contributed by atoms with Gasteiger partial charge in [-0.05, 0) is 12.1 Å². The van der Waals surface area contributed by atoms with Crippen LogP contribution >= 0.6 is 12.6 Å². The number of benzene rings is 2. The van der Waals surface area contributed by atoms with E-state index in [0.29, 0.717) is 28.8 Å². The third kappa shape index (κ3) is 4.79. The van der Waals surface area contributed by atoms with Crippen molar-refractivity contribution in [3.05, 3.63) is 60.2 Å². The molecule has 1 N–H and O–H groups in total. The van der Waals surface area contributed by atoms with Gasteiger partial charge in [0.15, 0.2) is 6.29 Å². The van der Waals surface area contributed by atoms with Crippen LogP contribution in [0, 0.1) is 0 Å². The number of carbonyl (C=O) groups is 2. The first-order valence-electron chi connectivity index (χ1n) is 9.67. The average Bonchev–Trinajstić information content (AvgIpc) is 3.15. The largest absolute Gasteiger partial charge is 0.384 e. The molecule has 2 aromatic carbocycles. The van der Waals surface area contributed by atoms with Crippen LogP contribution < -0.4 is 9.88 Å². The van der Waals surface area contributed by atoms with Crippen molar-refractivity contribution in [3.8, 4) is 0 Å². The highest BCUT2D eigenvalue weighted by atomic mass is 32.1. The lowest BCUT2D eigenvalue weighted by atomic mass is 9.97. The second kappa shape index (κ2) is 9.60. The fraction of sp³-hybridized carbons (Fsp3) is 0.318. The van der Waals surface area contributed by atoms with Crippen LogP contribution in [-0.4, -0.2) is 47.6 Å². The molecule has 0 bridgehead atoms. The topological polar surface area (TPSA) is 58.2 Å². The van der Waals surface area contributed by atoms with Crippen LogP contribution in [0.5, 0.6) is 0 Å². The lowest BCUT2D eigenvalue weighted by molar-refractivity contribution is -0.671. The van der Waals surface area contributed by atoms with Crippen LogP contribution in [0.1, 0.15) is 27.1 Å². The van der Waals surface area contributed by atoms with E-state index in [1.165, 1.54) is 0 Å². The third-order valence-electron chi connectivity index (χ3n) is 4.94. The Morgan fingerprint density at radius 2 is 2.14 bits per heavy atom. The number of hydrogen-bond donors (Lipinski definition) is 2. The number of hydrogen-bond acceptors (Lipinski definition) is 4. The molecule has 0 unspecified atom stereocenters. The van der Waals surface area contributed by atoms with Gasteiger partial charge >= 0.3 is 0 Å². The van der Waals surface area contributed by atoms with Crippen LogP contribution in [0.3, 0.4) is 0 Å². The van der Waals surface area contributed by atoms with Gasteiger partial charge in [0.2, 0.25) is 6.33 Å². The molecule has 0 aliphatic carbocycles. The van der Waals surface area contributed by atoms with Gasteiger partial charge in [-0.2, -0.15) is 12.6 Å². The molecule has 1 heterocycles. The average molecular weight is 412 g/mol. The summed E-state index contributed by atoms with van der Waals surface area (Å²) in [4.78, 5) is 26.2. The van der Waals surface area contributed by atoms with Crippen LogP contribution in [0.2, 0.25) is 0 Å². The zero-order valence-corrected chi connectivity index (χ0v) is 17.7. The van der Waals surface area contributed by atoms with E-state index < -0.39 is 0 Å². The van der Waals surface area contributed by atoms with Crippen LogP contribution in [-0.2, 0) is 13.6 Å². The number of aldehydes is 1. The molecular formula is C22H27N4O2S+. The van der Waals surface area contributed by atoms with E-state index in [1.54, 1.807) is 24.1 Å². The van der Waals surface area contributed by atoms with Crippen molar-refractivity contribution < 1.29 is 14.2 Å². The summed E-state index contributed by atoms with van der Waals surface area (Å²) in [7, 11) is 3.75. The molecular weight excluding hydrogens is 384 g/mol. The summed E-state index contributed by atoms with van der Waals surface area (Å²) >= 11 is 4.21. The van der Waals surface area contributed by atoms with E-state index in [4.69, 9.17) is 0 Å².